The molecule has 1 aromatic heterocycles. The Labute approximate surface area is 213 Å². The number of hydrogen-bond acceptors (Lipinski definition) is 8. The molecule has 11 heteroatoms. The number of likely N-dealkylation sites (tertiary alicyclic amines) is 1. The van der Waals surface area contributed by atoms with Crippen molar-refractivity contribution in [1.82, 2.24) is 19.9 Å². The number of aromatic nitrogens is 3. The van der Waals surface area contributed by atoms with Crippen LogP contribution in [0.1, 0.15) is 43.5 Å². The van der Waals surface area contributed by atoms with Crippen LogP contribution in [-0.4, -0.2) is 62.2 Å². The van der Waals surface area contributed by atoms with Crippen LogP contribution in [0.4, 0.5) is 4.39 Å². The average Bonchev–Trinajstić information content (AvgIpc) is 3.58. The van der Waals surface area contributed by atoms with Gasteiger partial charge in [0.15, 0.2) is 10.9 Å². The summed E-state index contributed by atoms with van der Waals surface area (Å²) in [4.78, 5) is 39.0. The van der Waals surface area contributed by atoms with E-state index in [0.29, 0.717) is 30.8 Å². The molecule has 2 aromatic rings. The highest BCUT2D eigenvalue weighted by atomic mass is 35.5. The Morgan fingerprint density at radius 1 is 1.26 bits per heavy atom. The highest BCUT2D eigenvalue weighted by Crippen LogP contribution is 2.40. The molecule has 0 amide bonds. The molecule has 1 saturated heterocycles. The van der Waals surface area contributed by atoms with Gasteiger partial charge in [0.1, 0.15) is 12.4 Å². The number of Topliss-reactive ketones (excluding diaryl/α,β-unsaturated/α-hetero) is 1. The normalized spacial score (nSPS) is 20.2. The quantitative estimate of drug-likeness (QED) is 0.486. The lowest BCUT2D eigenvalue weighted by Gasteiger charge is -2.38. The Morgan fingerprint density at radius 3 is 2.66 bits per heavy atom. The minimum atomic E-state index is -0.682. The van der Waals surface area contributed by atoms with Crippen LogP contribution in [0.3, 0.4) is 0 Å². The first kappa shape index (κ1) is 27.0. The van der Waals surface area contributed by atoms with Crippen LogP contribution in [0, 0.1) is 11.7 Å². The summed E-state index contributed by atoms with van der Waals surface area (Å²) in [6.07, 6.45) is 5.68. The van der Waals surface area contributed by atoms with Crippen LogP contribution in [0.5, 0.6) is 0 Å². The van der Waals surface area contributed by atoms with Crippen molar-refractivity contribution < 1.29 is 23.5 Å². The number of nitrogens with zero attached hydrogens (tertiary/aromatic N) is 4. The summed E-state index contributed by atoms with van der Waals surface area (Å²) < 4.78 is 20.9. The van der Waals surface area contributed by atoms with E-state index in [1.807, 2.05) is 11.0 Å². The number of hydrogen-bond donors (Lipinski definition) is 0. The average molecular weight is 523 g/mol. The number of piperidine rings is 1. The molecular weight excluding hydrogens is 495 g/mol. The fourth-order valence-electron chi connectivity index (χ4n) is 4.27. The van der Waals surface area contributed by atoms with Crippen LogP contribution in [-0.2, 0) is 25.7 Å². The molecule has 188 valence electrons. The highest BCUT2D eigenvalue weighted by Gasteiger charge is 2.41. The van der Waals surface area contributed by atoms with E-state index in [2.05, 4.69) is 10.3 Å². The largest absolute Gasteiger partial charge is 0.468 e. The lowest BCUT2D eigenvalue weighted by molar-refractivity contribution is -0.141. The predicted molar refractivity (Wildman–Crippen MR) is 132 cm³/mol. The number of methoxy groups -OCH3 is 1. The molecular formula is C24H28ClFN4O4S. The van der Waals surface area contributed by atoms with Gasteiger partial charge >= 0.3 is 5.97 Å². The standard InChI is InChI=1S/C24H27FN4O4S.ClH/c1-15(30)34-21-9-10-28(13-17(21)11-18-12-26-27-29(18)14-22(31)33-2)23(24(32)16-7-8-16)19-5-3-4-6-20(19)25;/h3-6,11-12,16,21,23H,7-10,13-14H2,1-2H3;1H/b17-11-;. The van der Waals surface area contributed by atoms with Gasteiger partial charge in [0.25, 0.3) is 0 Å². The van der Waals surface area contributed by atoms with E-state index in [0.717, 1.165) is 18.4 Å². The smallest absolute Gasteiger partial charge is 0.327 e. The summed E-state index contributed by atoms with van der Waals surface area (Å²) in [5, 5.41) is 7.75. The van der Waals surface area contributed by atoms with Crippen molar-refractivity contribution in [1.29, 1.82) is 0 Å². The Kier molecular flexibility index (Phi) is 9.21. The number of esters is 1. The second-order valence-electron chi connectivity index (χ2n) is 8.57. The Balaban J connectivity index is 0.00000342. The van der Waals surface area contributed by atoms with Crippen molar-refractivity contribution in [2.75, 3.05) is 20.2 Å². The first-order chi connectivity index (χ1) is 16.4. The molecule has 2 heterocycles. The zero-order valence-corrected chi connectivity index (χ0v) is 21.2. The summed E-state index contributed by atoms with van der Waals surface area (Å²) in [5.74, 6) is -0.848. The number of benzene rings is 1. The molecule has 2 atom stereocenters. The van der Waals surface area contributed by atoms with Gasteiger partial charge in [-0.1, -0.05) is 35.2 Å². The number of halogens is 2. The molecule has 1 saturated carbocycles. The summed E-state index contributed by atoms with van der Waals surface area (Å²) in [6, 6.07) is 5.74. The Morgan fingerprint density at radius 2 is 2.00 bits per heavy atom. The topological polar surface area (TPSA) is 94.4 Å². The second-order valence-corrected chi connectivity index (χ2v) is 9.95. The van der Waals surface area contributed by atoms with Crippen molar-refractivity contribution in [2.24, 2.45) is 5.92 Å². The van der Waals surface area contributed by atoms with Crippen LogP contribution in [0.15, 0.2) is 36.0 Å². The highest BCUT2D eigenvalue weighted by molar-refractivity contribution is 8.14. The Hall–Kier alpha value is -2.56. The minimum Gasteiger partial charge on any atom is -0.468 e. The minimum absolute atomic E-state index is 0. The molecule has 0 radical (unpaired) electrons. The van der Waals surface area contributed by atoms with Crippen LogP contribution >= 0.6 is 24.2 Å². The summed E-state index contributed by atoms with van der Waals surface area (Å²) in [7, 11) is 1.30. The van der Waals surface area contributed by atoms with Crippen molar-refractivity contribution in [3.63, 3.8) is 0 Å². The first-order valence-electron chi connectivity index (χ1n) is 11.2. The third-order valence-electron chi connectivity index (χ3n) is 6.09. The number of ketones is 1. The van der Waals surface area contributed by atoms with Crippen LogP contribution < -0.4 is 0 Å². The van der Waals surface area contributed by atoms with E-state index in [9.17, 15) is 18.8 Å². The van der Waals surface area contributed by atoms with E-state index < -0.39 is 17.8 Å². The fraction of sp³-hybridized carbons (Fsp3) is 0.458. The molecule has 0 spiro atoms. The summed E-state index contributed by atoms with van der Waals surface area (Å²) >= 11 is 1.23. The van der Waals surface area contributed by atoms with Gasteiger partial charge in [0.2, 0.25) is 0 Å². The molecule has 2 unspecified atom stereocenters. The van der Waals surface area contributed by atoms with Gasteiger partial charge in [-0.15, -0.1) is 17.5 Å². The maximum absolute atomic E-state index is 14.8. The summed E-state index contributed by atoms with van der Waals surface area (Å²) in [5.41, 5.74) is 1.87. The first-order valence-corrected chi connectivity index (χ1v) is 12.1. The zero-order valence-electron chi connectivity index (χ0n) is 19.6. The van der Waals surface area contributed by atoms with Gasteiger partial charge in [-0.3, -0.25) is 19.3 Å². The molecule has 1 aliphatic heterocycles. The van der Waals surface area contributed by atoms with Gasteiger partial charge in [-0.2, -0.15) is 0 Å². The Bertz CT molecular complexity index is 1120. The molecule has 2 aliphatic rings. The number of ether oxygens (including phenoxy) is 1. The van der Waals surface area contributed by atoms with Crippen molar-refractivity contribution >= 4 is 47.1 Å². The van der Waals surface area contributed by atoms with Gasteiger partial charge in [0, 0.05) is 36.7 Å². The third kappa shape index (κ3) is 6.56. The third-order valence-corrected chi connectivity index (χ3v) is 7.24. The monoisotopic (exact) mass is 522 g/mol. The maximum atomic E-state index is 14.8. The predicted octanol–water partition coefficient (Wildman–Crippen LogP) is 3.47. The van der Waals surface area contributed by atoms with E-state index >= 15 is 0 Å². The zero-order chi connectivity index (χ0) is 24.2. The van der Waals surface area contributed by atoms with E-state index in [4.69, 9.17) is 4.74 Å². The molecule has 2 fully saturated rings. The fourth-order valence-corrected chi connectivity index (χ4v) is 5.19. The molecule has 1 aliphatic carbocycles. The SMILES string of the molecule is COC(=O)Cn1nncc1/C=C1/CN(C(C(=O)C2CC2)c2ccccc2F)CCC1SC(C)=O.Cl. The molecule has 8 nitrogen and oxygen atoms in total. The number of carbonyl (C=O) groups is 3. The van der Waals surface area contributed by atoms with Gasteiger partial charge in [0.05, 0.1) is 25.0 Å². The number of carbonyl (C=O) groups excluding carboxylic acids is 3. The molecule has 35 heavy (non-hydrogen) atoms. The van der Waals surface area contributed by atoms with Crippen LogP contribution in [0.2, 0.25) is 0 Å². The molecule has 0 bridgehead atoms. The van der Waals surface area contributed by atoms with Crippen molar-refractivity contribution in [2.45, 2.75) is 44.0 Å². The van der Waals surface area contributed by atoms with Gasteiger partial charge in [-0.25, -0.2) is 9.07 Å². The maximum Gasteiger partial charge on any atom is 0.327 e. The van der Waals surface area contributed by atoms with E-state index in [1.165, 1.54) is 42.7 Å². The van der Waals surface area contributed by atoms with Gasteiger partial charge < -0.3 is 4.74 Å². The molecule has 0 N–H and O–H groups in total. The second kappa shape index (κ2) is 11.9. The van der Waals surface area contributed by atoms with Crippen molar-refractivity contribution in [3.05, 3.63) is 53.1 Å². The van der Waals surface area contributed by atoms with Crippen molar-refractivity contribution in [3.8, 4) is 0 Å². The molecule has 4 rings (SSSR count). The summed E-state index contributed by atoms with van der Waals surface area (Å²) in [6.45, 7) is 2.36. The van der Waals surface area contributed by atoms with Crippen LogP contribution in [0.25, 0.3) is 6.08 Å². The lowest BCUT2D eigenvalue weighted by Crippen LogP contribution is -2.43. The molecule has 1 aromatic carbocycles. The lowest BCUT2D eigenvalue weighted by atomic mass is 9.93. The van der Waals surface area contributed by atoms with E-state index in [-0.39, 0.29) is 41.0 Å². The number of thioether (sulfide) groups is 1. The van der Waals surface area contributed by atoms with Gasteiger partial charge in [-0.05, 0) is 37.0 Å². The van der Waals surface area contributed by atoms with E-state index in [1.54, 1.807) is 18.2 Å². The number of rotatable bonds is 8.